The van der Waals surface area contributed by atoms with Crippen molar-refractivity contribution in [3.05, 3.63) is 32.2 Å². The van der Waals surface area contributed by atoms with Gasteiger partial charge in [0.15, 0.2) is 5.65 Å². The minimum atomic E-state index is -0.382. The molecule has 2 N–H and O–H groups in total. The SMILES string of the molecule is Cc1nc2c(C)c(=O)[nH]n2c(=O)[nH]1. The fourth-order valence-electron chi connectivity index (χ4n) is 1.19. The van der Waals surface area contributed by atoms with Crippen molar-refractivity contribution in [1.29, 1.82) is 0 Å². The van der Waals surface area contributed by atoms with Gasteiger partial charge in [0.2, 0.25) is 0 Å². The molecule has 0 unspecified atom stereocenters. The Labute approximate surface area is 72.2 Å². The molecule has 0 spiro atoms. The van der Waals surface area contributed by atoms with Gasteiger partial charge in [-0.3, -0.25) is 14.9 Å². The highest BCUT2D eigenvalue weighted by Crippen LogP contribution is 1.96. The van der Waals surface area contributed by atoms with Gasteiger partial charge in [-0.05, 0) is 13.8 Å². The second kappa shape index (κ2) is 2.32. The lowest BCUT2D eigenvalue weighted by atomic mass is 10.4. The van der Waals surface area contributed by atoms with Crippen molar-refractivity contribution in [2.24, 2.45) is 0 Å². The Balaban J connectivity index is 3.12. The number of aromatic amines is 2. The summed E-state index contributed by atoms with van der Waals surface area (Å²) in [4.78, 5) is 28.9. The third kappa shape index (κ3) is 0.986. The maximum atomic E-state index is 11.3. The fourth-order valence-corrected chi connectivity index (χ4v) is 1.19. The number of rotatable bonds is 0. The molecule has 68 valence electrons. The Hall–Kier alpha value is -1.85. The van der Waals surface area contributed by atoms with Gasteiger partial charge in [0.1, 0.15) is 5.82 Å². The summed E-state index contributed by atoms with van der Waals surface area (Å²) in [5.74, 6) is 0.493. The number of nitrogens with zero attached hydrogens (tertiary/aromatic N) is 2. The van der Waals surface area contributed by atoms with Gasteiger partial charge in [-0.1, -0.05) is 0 Å². The van der Waals surface area contributed by atoms with Crippen LogP contribution in [0.25, 0.3) is 5.65 Å². The van der Waals surface area contributed by atoms with Crippen molar-refractivity contribution >= 4 is 5.65 Å². The van der Waals surface area contributed by atoms with Crippen molar-refractivity contribution in [3.8, 4) is 0 Å². The van der Waals surface area contributed by atoms with Gasteiger partial charge >= 0.3 is 5.69 Å². The smallest absolute Gasteiger partial charge is 0.294 e. The molecular formula is C7H8N4O2. The molecule has 0 aliphatic rings. The van der Waals surface area contributed by atoms with Gasteiger partial charge in [0.25, 0.3) is 5.56 Å². The lowest BCUT2D eigenvalue weighted by Crippen LogP contribution is -2.20. The summed E-state index contributed by atoms with van der Waals surface area (Å²) in [5.41, 5.74) is 0.164. The summed E-state index contributed by atoms with van der Waals surface area (Å²) >= 11 is 0. The molecule has 0 amide bonds. The average molecular weight is 180 g/mol. The van der Waals surface area contributed by atoms with Gasteiger partial charge < -0.3 is 0 Å². The highest BCUT2D eigenvalue weighted by atomic mass is 16.2. The van der Waals surface area contributed by atoms with E-state index in [-0.39, 0.29) is 11.2 Å². The van der Waals surface area contributed by atoms with Crippen molar-refractivity contribution in [2.45, 2.75) is 13.8 Å². The first-order chi connectivity index (χ1) is 6.09. The van der Waals surface area contributed by atoms with E-state index in [1.54, 1.807) is 13.8 Å². The summed E-state index contributed by atoms with van der Waals surface area (Å²) in [7, 11) is 0. The predicted octanol–water partition coefficient (Wildman–Crippen LogP) is -0.672. The van der Waals surface area contributed by atoms with Crippen molar-refractivity contribution in [2.75, 3.05) is 0 Å². The van der Waals surface area contributed by atoms with E-state index < -0.39 is 0 Å². The molecule has 0 aromatic carbocycles. The first-order valence-corrected chi connectivity index (χ1v) is 3.78. The predicted molar refractivity (Wildman–Crippen MR) is 45.9 cm³/mol. The Kier molecular flexibility index (Phi) is 1.39. The summed E-state index contributed by atoms with van der Waals surface area (Å²) < 4.78 is 1.10. The first kappa shape index (κ1) is 7.78. The minimum absolute atomic E-state index is 0.288. The molecule has 0 radical (unpaired) electrons. The van der Waals surface area contributed by atoms with E-state index in [1.165, 1.54) is 0 Å². The van der Waals surface area contributed by atoms with E-state index in [0.29, 0.717) is 17.0 Å². The number of fused-ring (bicyclic) bond motifs is 1. The van der Waals surface area contributed by atoms with E-state index in [1.807, 2.05) is 0 Å². The number of hydrogen-bond acceptors (Lipinski definition) is 3. The molecule has 6 nitrogen and oxygen atoms in total. The molecule has 0 aliphatic carbocycles. The van der Waals surface area contributed by atoms with Gasteiger partial charge in [-0.2, -0.15) is 4.52 Å². The van der Waals surface area contributed by atoms with E-state index >= 15 is 0 Å². The van der Waals surface area contributed by atoms with Gasteiger partial charge in [-0.25, -0.2) is 9.78 Å². The lowest BCUT2D eigenvalue weighted by molar-refractivity contribution is 0.811. The molecule has 2 aromatic rings. The average Bonchev–Trinajstić information content (AvgIpc) is 2.32. The van der Waals surface area contributed by atoms with Crippen LogP contribution in [-0.4, -0.2) is 19.6 Å². The van der Waals surface area contributed by atoms with Crippen LogP contribution in [0.4, 0.5) is 0 Å². The van der Waals surface area contributed by atoms with Crippen LogP contribution in [0.15, 0.2) is 9.59 Å². The molecule has 2 rings (SSSR count). The summed E-state index contributed by atoms with van der Waals surface area (Å²) in [6.07, 6.45) is 0. The van der Waals surface area contributed by atoms with Crippen LogP contribution in [-0.2, 0) is 0 Å². The van der Waals surface area contributed by atoms with Gasteiger partial charge in [-0.15, -0.1) is 0 Å². The fraction of sp³-hybridized carbons (Fsp3) is 0.286. The third-order valence-corrected chi connectivity index (χ3v) is 1.87. The zero-order valence-electron chi connectivity index (χ0n) is 7.21. The standard InChI is InChI=1S/C7H8N4O2/c1-3-5-8-4(2)9-7(13)11(5)10-6(3)12/h1-2H3,(H,10,12)(H,8,9,13). The van der Waals surface area contributed by atoms with Crippen molar-refractivity contribution in [3.63, 3.8) is 0 Å². The maximum absolute atomic E-state index is 11.3. The zero-order chi connectivity index (χ0) is 9.59. The molecule has 6 heteroatoms. The lowest BCUT2D eigenvalue weighted by Gasteiger charge is -1.94. The molecule has 13 heavy (non-hydrogen) atoms. The number of H-pyrrole nitrogens is 2. The second-order valence-electron chi connectivity index (χ2n) is 2.85. The summed E-state index contributed by atoms with van der Waals surface area (Å²) in [5, 5.41) is 2.38. The minimum Gasteiger partial charge on any atom is -0.294 e. The number of aryl methyl sites for hydroxylation is 2. The summed E-state index contributed by atoms with van der Waals surface area (Å²) in [6.45, 7) is 3.29. The van der Waals surface area contributed by atoms with E-state index in [9.17, 15) is 9.59 Å². The normalized spacial score (nSPS) is 10.9. The highest BCUT2D eigenvalue weighted by Gasteiger charge is 2.07. The van der Waals surface area contributed by atoms with Crippen LogP contribution >= 0.6 is 0 Å². The van der Waals surface area contributed by atoms with Crippen LogP contribution in [0, 0.1) is 13.8 Å². The van der Waals surface area contributed by atoms with E-state index in [2.05, 4.69) is 15.1 Å². The van der Waals surface area contributed by atoms with Crippen LogP contribution in [0.5, 0.6) is 0 Å². The Bertz CT molecular complexity index is 574. The Morgan fingerprint density at radius 1 is 1.31 bits per heavy atom. The molecule has 0 aliphatic heterocycles. The maximum Gasteiger partial charge on any atom is 0.347 e. The zero-order valence-corrected chi connectivity index (χ0v) is 7.21. The molecular weight excluding hydrogens is 172 g/mol. The molecule has 2 heterocycles. The van der Waals surface area contributed by atoms with Crippen LogP contribution in [0.1, 0.15) is 11.4 Å². The number of aromatic nitrogens is 4. The second-order valence-corrected chi connectivity index (χ2v) is 2.85. The quantitative estimate of drug-likeness (QED) is 0.563. The molecule has 0 saturated heterocycles. The third-order valence-electron chi connectivity index (χ3n) is 1.87. The van der Waals surface area contributed by atoms with Crippen LogP contribution < -0.4 is 11.2 Å². The van der Waals surface area contributed by atoms with Crippen molar-refractivity contribution in [1.82, 2.24) is 19.6 Å². The molecule has 0 atom stereocenters. The van der Waals surface area contributed by atoms with Crippen molar-refractivity contribution < 1.29 is 0 Å². The largest absolute Gasteiger partial charge is 0.347 e. The van der Waals surface area contributed by atoms with Gasteiger partial charge in [0, 0.05) is 0 Å². The number of hydrogen-bond donors (Lipinski definition) is 2. The van der Waals surface area contributed by atoms with Crippen LogP contribution in [0.2, 0.25) is 0 Å². The highest BCUT2D eigenvalue weighted by molar-refractivity contribution is 5.44. The van der Waals surface area contributed by atoms with Crippen LogP contribution in [0.3, 0.4) is 0 Å². The van der Waals surface area contributed by atoms with E-state index in [0.717, 1.165) is 4.52 Å². The van der Waals surface area contributed by atoms with Gasteiger partial charge in [0.05, 0.1) is 5.56 Å². The Morgan fingerprint density at radius 2 is 2.00 bits per heavy atom. The molecule has 0 fully saturated rings. The summed E-state index contributed by atoms with van der Waals surface area (Å²) in [6, 6.07) is 0. The Morgan fingerprint density at radius 3 is 2.69 bits per heavy atom. The first-order valence-electron chi connectivity index (χ1n) is 3.78. The van der Waals surface area contributed by atoms with E-state index in [4.69, 9.17) is 0 Å². The number of nitrogens with one attached hydrogen (secondary N) is 2. The monoisotopic (exact) mass is 180 g/mol. The molecule has 0 bridgehead atoms. The topological polar surface area (TPSA) is 83.0 Å². The molecule has 2 aromatic heterocycles. The molecule has 0 saturated carbocycles.